The molecule has 2 heterocycles. The summed E-state index contributed by atoms with van der Waals surface area (Å²) in [5, 5.41) is 6.32. The van der Waals surface area contributed by atoms with E-state index < -0.39 is 5.60 Å². The minimum atomic E-state index is -0.503. The number of ether oxygens (including phenoxy) is 2. The SMILES string of the molecule is COc1cccn(-c2ccc(N[C@H]3CC[C@H](NC(=O)OC(C)(C)C)C3)nc2)c1=O. The molecule has 0 unspecified atom stereocenters. The molecule has 2 atom stereocenters. The molecule has 0 bridgehead atoms. The topological polar surface area (TPSA) is 94.5 Å². The third-order valence-electron chi connectivity index (χ3n) is 4.66. The van der Waals surface area contributed by atoms with Crippen LogP contribution in [0.15, 0.2) is 41.5 Å². The van der Waals surface area contributed by atoms with Crippen LogP contribution in [-0.4, -0.2) is 40.4 Å². The lowest BCUT2D eigenvalue weighted by Crippen LogP contribution is -2.38. The van der Waals surface area contributed by atoms with Crippen molar-refractivity contribution in [3.05, 3.63) is 47.0 Å². The van der Waals surface area contributed by atoms with Gasteiger partial charge in [-0.05, 0) is 64.3 Å². The van der Waals surface area contributed by atoms with Gasteiger partial charge in [-0.15, -0.1) is 0 Å². The smallest absolute Gasteiger partial charge is 0.407 e. The molecule has 1 fully saturated rings. The minimum absolute atomic E-state index is 0.0805. The molecule has 1 amide bonds. The molecule has 156 valence electrons. The van der Waals surface area contributed by atoms with E-state index in [1.54, 1.807) is 24.5 Å². The second-order valence-corrected chi connectivity index (χ2v) is 8.15. The summed E-state index contributed by atoms with van der Waals surface area (Å²) < 4.78 is 11.9. The quantitative estimate of drug-likeness (QED) is 0.801. The number of carbonyl (C=O) groups is 1. The Morgan fingerprint density at radius 3 is 2.62 bits per heavy atom. The zero-order chi connectivity index (χ0) is 21.0. The van der Waals surface area contributed by atoms with Crippen LogP contribution >= 0.6 is 0 Å². The summed E-state index contributed by atoms with van der Waals surface area (Å²) in [4.78, 5) is 28.7. The zero-order valence-corrected chi connectivity index (χ0v) is 17.3. The number of alkyl carbamates (subject to hydrolysis) is 1. The van der Waals surface area contributed by atoms with E-state index in [9.17, 15) is 9.59 Å². The van der Waals surface area contributed by atoms with Crippen LogP contribution in [0.4, 0.5) is 10.6 Å². The number of nitrogens with one attached hydrogen (secondary N) is 2. The summed E-state index contributed by atoms with van der Waals surface area (Å²) in [6.07, 6.45) is 5.56. The van der Waals surface area contributed by atoms with Gasteiger partial charge in [-0.3, -0.25) is 9.36 Å². The Hall–Kier alpha value is -3.03. The number of amides is 1. The predicted octanol–water partition coefficient (Wildman–Crippen LogP) is 3.10. The first-order valence-corrected chi connectivity index (χ1v) is 9.73. The van der Waals surface area contributed by atoms with Gasteiger partial charge in [0.2, 0.25) is 0 Å². The lowest BCUT2D eigenvalue weighted by Gasteiger charge is -2.22. The number of anilines is 1. The average Bonchev–Trinajstić information content (AvgIpc) is 3.08. The Bertz CT molecular complexity index is 902. The molecule has 3 rings (SSSR count). The third-order valence-corrected chi connectivity index (χ3v) is 4.66. The maximum Gasteiger partial charge on any atom is 0.407 e. The van der Waals surface area contributed by atoms with Crippen molar-refractivity contribution in [2.24, 2.45) is 0 Å². The molecule has 8 heteroatoms. The van der Waals surface area contributed by atoms with Crippen molar-refractivity contribution in [1.29, 1.82) is 0 Å². The van der Waals surface area contributed by atoms with Crippen LogP contribution in [0.3, 0.4) is 0 Å². The van der Waals surface area contributed by atoms with E-state index in [0.29, 0.717) is 5.69 Å². The lowest BCUT2D eigenvalue weighted by atomic mass is 10.2. The standard InChI is InChI=1S/C21H28N4O4/c1-21(2,3)29-20(27)24-15-8-7-14(12-15)23-18-10-9-16(13-22-18)25-11-5-6-17(28-4)19(25)26/h5-6,9-11,13-15H,7-8,12H2,1-4H3,(H,22,23)(H,24,27)/t14-,15-/m0/s1. The fourth-order valence-corrected chi connectivity index (χ4v) is 3.37. The van der Waals surface area contributed by atoms with Crippen LogP contribution in [0.25, 0.3) is 5.69 Å². The predicted molar refractivity (Wildman–Crippen MR) is 111 cm³/mol. The Morgan fingerprint density at radius 1 is 1.21 bits per heavy atom. The van der Waals surface area contributed by atoms with E-state index in [0.717, 1.165) is 25.1 Å². The maximum absolute atomic E-state index is 12.3. The number of hydrogen-bond acceptors (Lipinski definition) is 6. The van der Waals surface area contributed by atoms with Crippen LogP contribution in [0, 0.1) is 0 Å². The molecule has 8 nitrogen and oxygen atoms in total. The molecule has 2 aromatic rings. The zero-order valence-electron chi connectivity index (χ0n) is 17.3. The number of methoxy groups -OCH3 is 1. The normalized spacial score (nSPS) is 18.9. The van der Waals surface area contributed by atoms with Crippen molar-refractivity contribution in [3.8, 4) is 11.4 Å². The summed E-state index contributed by atoms with van der Waals surface area (Å²) >= 11 is 0. The number of carbonyl (C=O) groups excluding carboxylic acids is 1. The van der Waals surface area contributed by atoms with Crippen LogP contribution in [0.2, 0.25) is 0 Å². The van der Waals surface area contributed by atoms with Gasteiger partial charge in [-0.2, -0.15) is 0 Å². The van der Waals surface area contributed by atoms with Crippen molar-refractivity contribution in [2.75, 3.05) is 12.4 Å². The summed E-state index contributed by atoms with van der Waals surface area (Å²) in [5.41, 5.74) is -0.0730. The molecule has 29 heavy (non-hydrogen) atoms. The second kappa shape index (κ2) is 8.55. The summed E-state index contributed by atoms with van der Waals surface area (Å²) in [5.74, 6) is 1.01. The fourth-order valence-electron chi connectivity index (χ4n) is 3.37. The van der Waals surface area contributed by atoms with Crippen LogP contribution in [0.1, 0.15) is 40.0 Å². The molecule has 0 saturated heterocycles. The molecule has 0 aromatic carbocycles. The van der Waals surface area contributed by atoms with Gasteiger partial charge < -0.3 is 20.1 Å². The van der Waals surface area contributed by atoms with Gasteiger partial charge in [-0.25, -0.2) is 9.78 Å². The third kappa shape index (κ3) is 5.49. The summed E-state index contributed by atoms with van der Waals surface area (Å²) in [6, 6.07) is 7.36. The van der Waals surface area contributed by atoms with E-state index in [1.807, 2.05) is 32.9 Å². The van der Waals surface area contributed by atoms with Gasteiger partial charge in [0, 0.05) is 18.3 Å². The van der Waals surface area contributed by atoms with Gasteiger partial charge in [0.05, 0.1) is 19.0 Å². The first-order valence-electron chi connectivity index (χ1n) is 9.73. The maximum atomic E-state index is 12.3. The Labute approximate surface area is 170 Å². The molecule has 1 saturated carbocycles. The molecular formula is C21H28N4O4. The van der Waals surface area contributed by atoms with Crippen molar-refractivity contribution in [3.63, 3.8) is 0 Å². The van der Waals surface area contributed by atoms with Gasteiger partial charge >= 0.3 is 6.09 Å². The summed E-state index contributed by atoms with van der Waals surface area (Å²) in [7, 11) is 1.47. The molecule has 0 spiro atoms. The number of pyridine rings is 2. The van der Waals surface area contributed by atoms with Crippen LogP contribution in [-0.2, 0) is 4.74 Å². The van der Waals surface area contributed by atoms with Crippen LogP contribution in [0.5, 0.6) is 5.75 Å². The molecular weight excluding hydrogens is 372 g/mol. The number of hydrogen-bond donors (Lipinski definition) is 2. The van der Waals surface area contributed by atoms with Gasteiger partial charge in [-0.1, -0.05) is 0 Å². The first-order chi connectivity index (χ1) is 13.7. The Balaban J connectivity index is 1.57. The van der Waals surface area contributed by atoms with E-state index >= 15 is 0 Å². The van der Waals surface area contributed by atoms with Crippen molar-refractivity contribution >= 4 is 11.9 Å². The molecule has 2 N–H and O–H groups in total. The molecule has 2 aromatic heterocycles. The van der Waals surface area contributed by atoms with E-state index in [-0.39, 0.29) is 29.5 Å². The van der Waals surface area contributed by atoms with E-state index in [2.05, 4.69) is 15.6 Å². The first kappa shape index (κ1) is 20.7. The number of aromatic nitrogens is 2. The highest BCUT2D eigenvalue weighted by atomic mass is 16.6. The Morgan fingerprint density at radius 2 is 1.97 bits per heavy atom. The van der Waals surface area contributed by atoms with E-state index in [1.165, 1.54) is 11.7 Å². The molecule has 0 aliphatic heterocycles. The van der Waals surface area contributed by atoms with Gasteiger partial charge in [0.25, 0.3) is 5.56 Å². The lowest BCUT2D eigenvalue weighted by molar-refractivity contribution is 0.0505. The number of rotatable bonds is 5. The average molecular weight is 400 g/mol. The summed E-state index contributed by atoms with van der Waals surface area (Å²) in [6.45, 7) is 5.54. The highest BCUT2D eigenvalue weighted by molar-refractivity contribution is 5.68. The van der Waals surface area contributed by atoms with E-state index in [4.69, 9.17) is 9.47 Å². The largest absolute Gasteiger partial charge is 0.491 e. The highest BCUT2D eigenvalue weighted by Gasteiger charge is 2.27. The van der Waals surface area contributed by atoms with Crippen molar-refractivity contribution < 1.29 is 14.3 Å². The van der Waals surface area contributed by atoms with Crippen molar-refractivity contribution in [2.45, 2.75) is 57.7 Å². The Kier molecular flexibility index (Phi) is 6.10. The molecule has 0 radical (unpaired) electrons. The van der Waals surface area contributed by atoms with Gasteiger partial charge in [0.1, 0.15) is 11.4 Å². The van der Waals surface area contributed by atoms with Crippen LogP contribution < -0.4 is 20.9 Å². The molecule has 1 aliphatic carbocycles. The molecule has 1 aliphatic rings. The highest BCUT2D eigenvalue weighted by Crippen LogP contribution is 2.23. The fraction of sp³-hybridized carbons (Fsp3) is 0.476. The number of nitrogens with zero attached hydrogens (tertiary/aromatic N) is 2. The van der Waals surface area contributed by atoms with Gasteiger partial charge in [0.15, 0.2) is 5.75 Å². The minimum Gasteiger partial charge on any atom is -0.491 e. The van der Waals surface area contributed by atoms with Crippen molar-refractivity contribution in [1.82, 2.24) is 14.9 Å². The monoisotopic (exact) mass is 400 g/mol. The second-order valence-electron chi connectivity index (χ2n) is 8.15.